The van der Waals surface area contributed by atoms with Gasteiger partial charge in [0.15, 0.2) is 0 Å². The Morgan fingerprint density at radius 1 is 1.46 bits per heavy atom. The maximum absolute atomic E-state index is 11.1. The summed E-state index contributed by atoms with van der Waals surface area (Å²) in [5.74, 6) is -0.913. The molecule has 5 nitrogen and oxygen atoms in total. The second kappa shape index (κ2) is 5.18. The van der Waals surface area contributed by atoms with Crippen LogP contribution in [0.1, 0.15) is 26.7 Å². The summed E-state index contributed by atoms with van der Waals surface area (Å²) in [6, 6.07) is 0. The molecular weight excluding hydrogens is 194 g/mol. The molecule has 0 radical (unpaired) electrons. The van der Waals surface area contributed by atoms with Gasteiger partial charge in [-0.15, -0.1) is 0 Å². The lowest BCUT2D eigenvalue weighted by molar-refractivity contribution is -0.137. The first-order chi connectivity index (χ1) is 5.86. The van der Waals surface area contributed by atoms with Crippen molar-refractivity contribution < 1.29 is 18.3 Å². The van der Waals surface area contributed by atoms with E-state index in [2.05, 4.69) is 4.72 Å². The third-order valence-electron chi connectivity index (χ3n) is 1.49. The van der Waals surface area contributed by atoms with Gasteiger partial charge in [0.25, 0.3) is 0 Å². The Balaban J connectivity index is 3.72. The van der Waals surface area contributed by atoms with Gasteiger partial charge in [0.05, 0.1) is 5.25 Å². The predicted octanol–water partition coefficient (Wildman–Crippen LogP) is 0.179. The Morgan fingerprint density at radius 3 is 2.38 bits per heavy atom. The van der Waals surface area contributed by atoms with Gasteiger partial charge >= 0.3 is 5.97 Å². The smallest absolute Gasteiger partial charge is 0.303 e. The van der Waals surface area contributed by atoms with Gasteiger partial charge in [-0.05, 0) is 20.3 Å². The summed E-state index contributed by atoms with van der Waals surface area (Å²) in [6.07, 6.45) is 0.307. The molecule has 0 saturated heterocycles. The van der Waals surface area contributed by atoms with Gasteiger partial charge in [0, 0.05) is 13.0 Å². The number of carbonyl (C=O) groups is 1. The summed E-state index contributed by atoms with van der Waals surface area (Å²) < 4.78 is 24.6. The fraction of sp³-hybridized carbons (Fsp3) is 0.857. The van der Waals surface area contributed by atoms with Crippen LogP contribution < -0.4 is 4.72 Å². The number of carboxylic acids is 1. The largest absolute Gasteiger partial charge is 0.481 e. The lowest BCUT2D eigenvalue weighted by Gasteiger charge is -2.08. The zero-order chi connectivity index (χ0) is 10.5. The molecule has 0 heterocycles. The lowest BCUT2D eigenvalue weighted by atomic mass is 10.3. The highest BCUT2D eigenvalue weighted by Crippen LogP contribution is 1.96. The number of hydrogen-bond acceptors (Lipinski definition) is 3. The van der Waals surface area contributed by atoms with Crippen LogP contribution in [0.5, 0.6) is 0 Å². The summed E-state index contributed by atoms with van der Waals surface area (Å²) in [6.45, 7) is 3.33. The van der Waals surface area contributed by atoms with Crippen molar-refractivity contribution in [2.45, 2.75) is 31.9 Å². The quantitative estimate of drug-likeness (QED) is 0.611. The Labute approximate surface area is 78.2 Å². The zero-order valence-corrected chi connectivity index (χ0v) is 8.60. The maximum Gasteiger partial charge on any atom is 0.303 e. The highest BCUT2D eigenvalue weighted by molar-refractivity contribution is 7.90. The van der Waals surface area contributed by atoms with Crippen molar-refractivity contribution in [3.05, 3.63) is 0 Å². The van der Waals surface area contributed by atoms with Gasteiger partial charge in [0.1, 0.15) is 0 Å². The van der Waals surface area contributed by atoms with Gasteiger partial charge < -0.3 is 5.11 Å². The zero-order valence-electron chi connectivity index (χ0n) is 7.78. The van der Waals surface area contributed by atoms with Crippen LogP contribution in [-0.2, 0) is 14.8 Å². The Kier molecular flexibility index (Phi) is 4.94. The number of nitrogens with one attached hydrogen (secondary N) is 1. The molecule has 0 fully saturated rings. The van der Waals surface area contributed by atoms with Gasteiger partial charge in [-0.2, -0.15) is 0 Å². The van der Waals surface area contributed by atoms with Crippen molar-refractivity contribution in [3.8, 4) is 0 Å². The number of rotatable bonds is 6. The number of sulfonamides is 1. The topological polar surface area (TPSA) is 83.5 Å². The molecule has 0 bridgehead atoms. The monoisotopic (exact) mass is 209 g/mol. The van der Waals surface area contributed by atoms with Crippen LogP contribution in [0.15, 0.2) is 0 Å². The molecule has 78 valence electrons. The molecule has 0 amide bonds. The molecule has 0 rings (SSSR count). The van der Waals surface area contributed by atoms with Crippen molar-refractivity contribution in [2.75, 3.05) is 6.54 Å². The first kappa shape index (κ1) is 12.4. The minimum absolute atomic E-state index is 0.0133. The second-order valence-corrected chi connectivity index (χ2v) is 5.31. The van der Waals surface area contributed by atoms with Crippen molar-refractivity contribution >= 4 is 16.0 Å². The van der Waals surface area contributed by atoms with Crippen LogP contribution in [-0.4, -0.2) is 31.3 Å². The highest BCUT2D eigenvalue weighted by atomic mass is 32.2. The third-order valence-corrected chi connectivity index (χ3v) is 3.34. The highest BCUT2D eigenvalue weighted by Gasteiger charge is 2.14. The van der Waals surface area contributed by atoms with E-state index in [-0.39, 0.29) is 13.0 Å². The van der Waals surface area contributed by atoms with Crippen LogP contribution in [0.3, 0.4) is 0 Å². The van der Waals surface area contributed by atoms with Crippen LogP contribution in [0, 0.1) is 0 Å². The fourth-order valence-electron chi connectivity index (χ4n) is 0.621. The number of carboxylic acid groups (broad SMARTS) is 1. The summed E-state index contributed by atoms with van der Waals surface area (Å²) in [5, 5.41) is 7.80. The molecule has 0 aliphatic rings. The molecule has 6 heteroatoms. The Bertz CT molecular complexity index is 258. The van der Waals surface area contributed by atoms with E-state index in [4.69, 9.17) is 5.11 Å². The van der Waals surface area contributed by atoms with Crippen LogP contribution >= 0.6 is 0 Å². The van der Waals surface area contributed by atoms with Crippen molar-refractivity contribution in [2.24, 2.45) is 0 Å². The summed E-state index contributed by atoms with van der Waals surface area (Å²) in [5.41, 5.74) is 0. The van der Waals surface area contributed by atoms with Gasteiger partial charge in [0.2, 0.25) is 10.0 Å². The van der Waals surface area contributed by atoms with Gasteiger partial charge in [-0.1, -0.05) is 0 Å². The Hall–Kier alpha value is -0.620. The van der Waals surface area contributed by atoms with E-state index in [9.17, 15) is 13.2 Å². The van der Waals surface area contributed by atoms with Crippen LogP contribution in [0.2, 0.25) is 0 Å². The molecule has 0 aliphatic carbocycles. The van der Waals surface area contributed by atoms with Gasteiger partial charge in [-0.3, -0.25) is 4.79 Å². The molecular formula is C7H15NO4S. The molecule has 0 saturated carbocycles. The summed E-state index contributed by atoms with van der Waals surface area (Å²) >= 11 is 0. The molecule has 0 atom stereocenters. The predicted molar refractivity (Wildman–Crippen MR) is 48.9 cm³/mol. The standard InChI is InChI=1S/C7H15NO4S/c1-6(2)13(11,12)8-5-3-4-7(9)10/h6,8H,3-5H2,1-2H3,(H,9,10). The molecule has 13 heavy (non-hydrogen) atoms. The summed E-state index contributed by atoms with van der Waals surface area (Å²) in [7, 11) is -3.24. The van der Waals surface area contributed by atoms with E-state index >= 15 is 0 Å². The molecule has 0 aromatic rings. The van der Waals surface area contributed by atoms with Crippen molar-refractivity contribution in [3.63, 3.8) is 0 Å². The maximum atomic E-state index is 11.1. The first-order valence-electron chi connectivity index (χ1n) is 4.06. The number of aliphatic carboxylic acids is 1. The normalized spacial score (nSPS) is 11.9. The first-order valence-corrected chi connectivity index (χ1v) is 5.61. The average molecular weight is 209 g/mol. The minimum Gasteiger partial charge on any atom is -0.481 e. The van der Waals surface area contributed by atoms with Crippen molar-refractivity contribution in [1.29, 1.82) is 0 Å². The SMILES string of the molecule is CC(C)S(=O)(=O)NCCCC(=O)O. The lowest BCUT2D eigenvalue weighted by Crippen LogP contribution is -2.31. The van der Waals surface area contributed by atoms with E-state index in [1.807, 2.05) is 0 Å². The molecule has 2 N–H and O–H groups in total. The minimum atomic E-state index is -3.24. The van der Waals surface area contributed by atoms with Crippen LogP contribution in [0.25, 0.3) is 0 Å². The van der Waals surface area contributed by atoms with E-state index in [1.54, 1.807) is 13.8 Å². The number of hydrogen-bond donors (Lipinski definition) is 2. The molecule has 0 aromatic carbocycles. The molecule has 0 aliphatic heterocycles. The Morgan fingerprint density at radius 2 is 2.00 bits per heavy atom. The van der Waals surface area contributed by atoms with E-state index in [1.165, 1.54) is 0 Å². The molecule has 0 unspecified atom stereocenters. The summed E-state index contributed by atoms with van der Waals surface area (Å²) in [4.78, 5) is 10.1. The van der Waals surface area contributed by atoms with E-state index < -0.39 is 21.2 Å². The van der Waals surface area contributed by atoms with Crippen LogP contribution in [0.4, 0.5) is 0 Å². The molecule has 0 spiro atoms. The average Bonchev–Trinajstić information content (AvgIpc) is 1.97. The second-order valence-electron chi connectivity index (χ2n) is 2.99. The fourth-order valence-corrected chi connectivity index (χ4v) is 1.38. The third kappa shape index (κ3) is 5.59. The van der Waals surface area contributed by atoms with E-state index in [0.717, 1.165) is 0 Å². The molecule has 0 aromatic heterocycles. The van der Waals surface area contributed by atoms with Crippen molar-refractivity contribution in [1.82, 2.24) is 4.72 Å². The van der Waals surface area contributed by atoms with E-state index in [0.29, 0.717) is 6.42 Å². The van der Waals surface area contributed by atoms with Gasteiger partial charge in [-0.25, -0.2) is 13.1 Å².